The van der Waals surface area contributed by atoms with Crippen LogP contribution in [0.3, 0.4) is 0 Å². The van der Waals surface area contributed by atoms with Crippen molar-refractivity contribution in [2.45, 2.75) is 32.2 Å². The Kier molecular flexibility index (Phi) is 5.73. The van der Waals surface area contributed by atoms with E-state index in [1.165, 1.54) is 11.3 Å². The van der Waals surface area contributed by atoms with Crippen LogP contribution in [0.15, 0.2) is 35.2 Å². The summed E-state index contributed by atoms with van der Waals surface area (Å²) >= 11 is 3.50. The smallest absolute Gasteiger partial charge is 0.0492 e. The maximum absolute atomic E-state index is 4.27. The molecule has 5 heteroatoms. The van der Waals surface area contributed by atoms with Crippen LogP contribution in [-0.4, -0.2) is 21.3 Å². The fourth-order valence-corrected chi connectivity index (χ4v) is 2.65. The zero-order valence-electron chi connectivity index (χ0n) is 12.0. The molecule has 0 aliphatic rings. The molecule has 0 aromatic carbocycles. The van der Waals surface area contributed by atoms with Gasteiger partial charge in [0.25, 0.3) is 0 Å². The lowest BCUT2D eigenvalue weighted by molar-refractivity contribution is 0.490. The summed E-state index contributed by atoms with van der Waals surface area (Å²) in [6.45, 7) is 3.20. The fourth-order valence-electron chi connectivity index (χ4n) is 2.26. The predicted octanol–water partition coefficient (Wildman–Crippen LogP) is 3.25. The van der Waals surface area contributed by atoms with E-state index in [-0.39, 0.29) is 0 Å². The Morgan fingerprint density at radius 1 is 1.40 bits per heavy atom. The average molecular weight is 337 g/mol. The first-order valence-electron chi connectivity index (χ1n) is 7.01. The molecule has 0 amide bonds. The van der Waals surface area contributed by atoms with E-state index in [0.29, 0.717) is 6.04 Å². The van der Waals surface area contributed by atoms with Crippen molar-refractivity contribution in [2.24, 2.45) is 7.05 Å². The third-order valence-corrected chi connectivity index (χ3v) is 3.81. The lowest BCUT2D eigenvalue weighted by atomic mass is 10.0. The van der Waals surface area contributed by atoms with Gasteiger partial charge in [0.15, 0.2) is 0 Å². The summed E-state index contributed by atoms with van der Waals surface area (Å²) in [5.74, 6) is 0. The van der Waals surface area contributed by atoms with E-state index in [0.717, 1.165) is 30.3 Å². The number of halogens is 1. The van der Waals surface area contributed by atoms with Crippen LogP contribution in [0, 0.1) is 0 Å². The van der Waals surface area contributed by atoms with Crippen LogP contribution in [0.4, 0.5) is 0 Å². The minimum absolute atomic E-state index is 0.329. The van der Waals surface area contributed by atoms with E-state index in [4.69, 9.17) is 0 Å². The topological polar surface area (TPSA) is 42.7 Å². The van der Waals surface area contributed by atoms with Crippen LogP contribution in [-0.2, 0) is 13.5 Å². The van der Waals surface area contributed by atoms with Gasteiger partial charge in [0.1, 0.15) is 0 Å². The Labute approximate surface area is 128 Å². The minimum atomic E-state index is 0.329. The molecular weight excluding hydrogens is 316 g/mol. The van der Waals surface area contributed by atoms with Crippen molar-refractivity contribution in [3.8, 4) is 0 Å². The molecule has 0 aliphatic heterocycles. The quantitative estimate of drug-likeness (QED) is 0.843. The Balaban J connectivity index is 2.05. The second-order valence-electron chi connectivity index (χ2n) is 4.93. The molecule has 108 valence electrons. The second-order valence-corrected chi connectivity index (χ2v) is 5.84. The van der Waals surface area contributed by atoms with Gasteiger partial charge in [-0.1, -0.05) is 6.92 Å². The molecule has 1 atom stereocenters. The van der Waals surface area contributed by atoms with E-state index in [2.05, 4.69) is 50.4 Å². The molecule has 2 rings (SSSR count). The van der Waals surface area contributed by atoms with Crippen molar-refractivity contribution < 1.29 is 0 Å². The Morgan fingerprint density at radius 2 is 2.25 bits per heavy atom. The molecule has 2 aromatic heterocycles. The number of pyridine rings is 1. The highest BCUT2D eigenvalue weighted by Crippen LogP contribution is 2.21. The zero-order valence-corrected chi connectivity index (χ0v) is 13.6. The van der Waals surface area contributed by atoms with Crippen molar-refractivity contribution in [1.82, 2.24) is 20.1 Å². The minimum Gasteiger partial charge on any atom is -0.310 e. The van der Waals surface area contributed by atoms with Gasteiger partial charge in [0.05, 0.1) is 0 Å². The molecule has 0 saturated heterocycles. The highest BCUT2D eigenvalue weighted by molar-refractivity contribution is 9.10. The van der Waals surface area contributed by atoms with Crippen LogP contribution in [0.1, 0.15) is 37.1 Å². The van der Waals surface area contributed by atoms with Crippen LogP contribution in [0.25, 0.3) is 0 Å². The number of hydrogen-bond donors (Lipinski definition) is 1. The third-order valence-electron chi connectivity index (χ3n) is 3.38. The monoisotopic (exact) mass is 336 g/mol. The first kappa shape index (κ1) is 15.2. The Morgan fingerprint density at radius 3 is 2.90 bits per heavy atom. The zero-order chi connectivity index (χ0) is 14.4. The molecule has 0 saturated carbocycles. The third kappa shape index (κ3) is 4.15. The largest absolute Gasteiger partial charge is 0.310 e. The van der Waals surface area contributed by atoms with Crippen molar-refractivity contribution in [2.75, 3.05) is 6.54 Å². The molecule has 20 heavy (non-hydrogen) atoms. The summed E-state index contributed by atoms with van der Waals surface area (Å²) in [4.78, 5) is 4.27. The maximum atomic E-state index is 4.27. The van der Waals surface area contributed by atoms with Crippen LogP contribution < -0.4 is 5.32 Å². The van der Waals surface area contributed by atoms with Gasteiger partial charge in [-0.25, -0.2) is 0 Å². The molecule has 4 nitrogen and oxygen atoms in total. The van der Waals surface area contributed by atoms with Crippen LogP contribution >= 0.6 is 15.9 Å². The highest BCUT2D eigenvalue weighted by atomic mass is 79.9. The van der Waals surface area contributed by atoms with E-state index in [9.17, 15) is 0 Å². The highest BCUT2D eigenvalue weighted by Gasteiger charge is 2.12. The SMILES string of the molecule is CCCNC(CCc1ccnn1C)c1cncc(Br)c1. The van der Waals surface area contributed by atoms with Crippen LogP contribution in [0.5, 0.6) is 0 Å². The number of nitrogens with one attached hydrogen (secondary N) is 1. The molecule has 0 aliphatic carbocycles. The molecule has 0 fully saturated rings. The Bertz CT molecular complexity index is 538. The van der Waals surface area contributed by atoms with Gasteiger partial charge in [0.2, 0.25) is 0 Å². The van der Waals surface area contributed by atoms with E-state index < -0.39 is 0 Å². The fraction of sp³-hybridized carbons (Fsp3) is 0.467. The lowest BCUT2D eigenvalue weighted by Crippen LogP contribution is -2.23. The number of aryl methyl sites for hydroxylation is 2. The molecule has 2 aromatic rings. The van der Waals surface area contributed by atoms with Crippen LogP contribution in [0.2, 0.25) is 0 Å². The van der Waals surface area contributed by atoms with E-state index in [1.54, 1.807) is 0 Å². The van der Waals surface area contributed by atoms with Crippen molar-refractivity contribution >= 4 is 15.9 Å². The number of hydrogen-bond acceptors (Lipinski definition) is 3. The predicted molar refractivity (Wildman–Crippen MR) is 84.5 cm³/mol. The first-order chi connectivity index (χ1) is 9.70. The first-order valence-corrected chi connectivity index (χ1v) is 7.80. The molecule has 2 heterocycles. The second kappa shape index (κ2) is 7.55. The summed E-state index contributed by atoms with van der Waals surface area (Å²) in [7, 11) is 1.99. The standard InChI is InChI=1S/C15H21BrN4/c1-3-7-18-15(12-9-13(16)11-17-10-12)5-4-14-6-8-19-20(14)2/h6,8-11,15,18H,3-5,7H2,1-2H3. The summed E-state index contributed by atoms with van der Waals surface area (Å²) in [6.07, 6.45) is 8.79. The number of aromatic nitrogens is 3. The van der Waals surface area contributed by atoms with E-state index in [1.807, 2.05) is 30.3 Å². The van der Waals surface area contributed by atoms with Gasteiger partial charge in [-0.05, 0) is 59.4 Å². The maximum Gasteiger partial charge on any atom is 0.0492 e. The molecule has 0 bridgehead atoms. The van der Waals surface area contributed by atoms with Crippen molar-refractivity contribution in [1.29, 1.82) is 0 Å². The Hall–Kier alpha value is -1.20. The van der Waals surface area contributed by atoms with Gasteiger partial charge < -0.3 is 5.32 Å². The molecule has 1 unspecified atom stereocenters. The number of nitrogens with zero attached hydrogens (tertiary/aromatic N) is 3. The van der Waals surface area contributed by atoms with Crippen molar-refractivity contribution in [3.05, 3.63) is 46.5 Å². The molecule has 0 spiro atoms. The molecule has 0 radical (unpaired) electrons. The summed E-state index contributed by atoms with van der Waals surface area (Å²) in [5, 5.41) is 7.82. The lowest BCUT2D eigenvalue weighted by Gasteiger charge is -2.19. The normalized spacial score (nSPS) is 12.6. The van der Waals surface area contributed by atoms with E-state index >= 15 is 0 Å². The van der Waals surface area contributed by atoms with Gasteiger partial charge >= 0.3 is 0 Å². The van der Waals surface area contributed by atoms with Gasteiger partial charge in [-0.15, -0.1) is 0 Å². The van der Waals surface area contributed by atoms with Gasteiger partial charge in [-0.2, -0.15) is 5.10 Å². The summed E-state index contributed by atoms with van der Waals surface area (Å²) in [6, 6.07) is 4.55. The summed E-state index contributed by atoms with van der Waals surface area (Å²) < 4.78 is 2.97. The van der Waals surface area contributed by atoms with Gasteiger partial charge in [-0.3, -0.25) is 9.67 Å². The van der Waals surface area contributed by atoms with Gasteiger partial charge in [0, 0.05) is 41.8 Å². The molecular formula is C15H21BrN4. The number of rotatable bonds is 7. The molecule has 1 N–H and O–H groups in total. The van der Waals surface area contributed by atoms with Crippen molar-refractivity contribution in [3.63, 3.8) is 0 Å². The summed E-state index contributed by atoms with van der Waals surface area (Å²) in [5.41, 5.74) is 2.49. The average Bonchev–Trinajstić information content (AvgIpc) is 2.84.